The first-order valence-corrected chi connectivity index (χ1v) is 11.3. The zero-order valence-corrected chi connectivity index (χ0v) is 11.0. The van der Waals surface area contributed by atoms with Crippen molar-refractivity contribution in [2.75, 3.05) is 6.54 Å². The summed E-state index contributed by atoms with van der Waals surface area (Å²) in [5.74, 6) is 0. The van der Waals surface area contributed by atoms with Gasteiger partial charge in [-0.1, -0.05) is 33.1 Å². The van der Waals surface area contributed by atoms with E-state index in [4.69, 9.17) is 0 Å². The third-order valence-electron chi connectivity index (χ3n) is 3.19. The molecule has 0 aliphatic carbocycles. The molecule has 13 heavy (non-hydrogen) atoms. The summed E-state index contributed by atoms with van der Waals surface area (Å²) in [7, 11) is -1.94. The van der Waals surface area contributed by atoms with Gasteiger partial charge < -0.3 is 4.23 Å². The van der Waals surface area contributed by atoms with Gasteiger partial charge in [-0.2, -0.15) is 0 Å². The molecule has 0 atom stereocenters. The molecule has 1 heterocycles. The number of rotatable bonds is 2. The maximum absolute atomic E-state index is 3.98. The minimum absolute atomic E-state index is 0. The number of hydrogen-bond donors (Lipinski definition) is 0. The van der Waals surface area contributed by atoms with Gasteiger partial charge in [-0.3, -0.25) is 0 Å². The van der Waals surface area contributed by atoms with Gasteiger partial charge in [-0.05, 0) is 25.1 Å². The Morgan fingerprint density at radius 2 is 1.46 bits per heavy atom. The molecule has 1 radical (unpaired) electrons. The van der Waals surface area contributed by atoms with Crippen molar-refractivity contribution in [3.05, 3.63) is 6.92 Å². The molecule has 1 rings (SSSR count). The van der Waals surface area contributed by atoms with E-state index in [1.54, 1.807) is 0 Å². The molecule has 1 saturated heterocycles. The zero-order valence-electron chi connectivity index (χ0n) is 8.98. The summed E-state index contributed by atoms with van der Waals surface area (Å²) in [5, 5.41) is 0. The Balaban J connectivity index is 0.00000144. The quantitative estimate of drug-likeness (QED) is 0.629. The van der Waals surface area contributed by atoms with Crippen LogP contribution in [0, 0.1) is 6.92 Å². The van der Waals surface area contributed by atoms with Crippen molar-refractivity contribution in [3.8, 4) is 0 Å². The molecule has 1 nitrogen and oxygen atoms in total. The van der Waals surface area contributed by atoms with Gasteiger partial charge in [0.05, 0.1) is 0 Å². The number of hydrogen-bond acceptors (Lipinski definition) is 1. The van der Waals surface area contributed by atoms with Crippen LogP contribution in [0.5, 0.6) is 0 Å². The van der Waals surface area contributed by atoms with E-state index >= 15 is 0 Å². The van der Waals surface area contributed by atoms with Gasteiger partial charge in [-0.25, -0.2) is 0 Å². The summed E-state index contributed by atoms with van der Waals surface area (Å²) < 4.78 is 2.88. The van der Waals surface area contributed by atoms with Gasteiger partial charge in [0.2, 0.25) is 0 Å². The van der Waals surface area contributed by atoms with Crippen molar-refractivity contribution in [3.63, 3.8) is 0 Å². The molecule has 0 spiro atoms. The molecule has 0 aromatic heterocycles. The van der Waals surface area contributed by atoms with Crippen molar-refractivity contribution in [2.45, 2.75) is 44.7 Å². The Kier molecular flexibility index (Phi) is 5.03. The molecule has 0 N–H and O–H groups in total. The zero-order chi connectivity index (χ0) is 9.41. The standard InChI is InChI=1S/C9H22NSi2.Li.H/c1-6-7-10-11(2,3)8-9-12(10,4)5;;/h1,6-9H2,2-5H3;;. The molecule has 0 aromatic rings. The molecule has 0 saturated carbocycles. The van der Waals surface area contributed by atoms with Crippen LogP contribution in [-0.4, -0.2) is 46.1 Å². The van der Waals surface area contributed by atoms with E-state index in [1.165, 1.54) is 18.6 Å². The first-order valence-electron chi connectivity index (χ1n) is 4.97. The Morgan fingerprint density at radius 3 is 1.77 bits per heavy atom. The Morgan fingerprint density at radius 1 is 1.08 bits per heavy atom. The summed E-state index contributed by atoms with van der Waals surface area (Å²) in [6, 6.07) is 3.04. The van der Waals surface area contributed by atoms with Crippen molar-refractivity contribution in [1.29, 1.82) is 0 Å². The van der Waals surface area contributed by atoms with Crippen molar-refractivity contribution < 1.29 is 0 Å². The topological polar surface area (TPSA) is 3.24 Å². The van der Waals surface area contributed by atoms with Crippen LogP contribution >= 0.6 is 0 Å². The SMILES string of the molecule is [CH2]CCN1[Si](C)(C)CC[Si]1(C)C.[LiH]. The van der Waals surface area contributed by atoms with Crippen molar-refractivity contribution >= 4 is 35.3 Å². The second kappa shape index (κ2) is 4.67. The predicted molar refractivity (Wildman–Crippen MR) is 68.4 cm³/mol. The van der Waals surface area contributed by atoms with E-state index in [0.29, 0.717) is 0 Å². The second-order valence-electron chi connectivity index (χ2n) is 5.13. The predicted octanol–water partition coefficient (Wildman–Crippen LogP) is 2.29. The van der Waals surface area contributed by atoms with Crippen LogP contribution in [0.25, 0.3) is 0 Å². The van der Waals surface area contributed by atoms with Crippen LogP contribution in [0.3, 0.4) is 0 Å². The maximum atomic E-state index is 3.98. The Labute approximate surface area is 97.6 Å². The summed E-state index contributed by atoms with van der Waals surface area (Å²) in [4.78, 5) is 0. The van der Waals surface area contributed by atoms with E-state index in [2.05, 4.69) is 37.3 Å². The average molecular weight is 208 g/mol. The van der Waals surface area contributed by atoms with E-state index in [-0.39, 0.29) is 18.9 Å². The molecular weight excluding hydrogens is 185 g/mol. The molecule has 73 valence electrons. The second-order valence-corrected chi connectivity index (χ2v) is 14.9. The van der Waals surface area contributed by atoms with Crippen LogP contribution < -0.4 is 0 Å². The van der Waals surface area contributed by atoms with Crippen LogP contribution in [-0.2, 0) is 0 Å². The fourth-order valence-corrected chi connectivity index (χ4v) is 16.7. The van der Waals surface area contributed by atoms with Gasteiger partial charge in [0.15, 0.2) is 0 Å². The van der Waals surface area contributed by atoms with Gasteiger partial charge in [0.1, 0.15) is 16.5 Å². The molecule has 4 heteroatoms. The van der Waals surface area contributed by atoms with Gasteiger partial charge >= 0.3 is 18.9 Å². The molecule has 0 amide bonds. The summed E-state index contributed by atoms with van der Waals surface area (Å²) >= 11 is 0. The van der Waals surface area contributed by atoms with Crippen molar-refractivity contribution in [1.82, 2.24) is 4.23 Å². The van der Waals surface area contributed by atoms with Gasteiger partial charge in [-0.15, -0.1) is 0 Å². The molecule has 0 bridgehead atoms. The molecule has 1 aliphatic heterocycles. The van der Waals surface area contributed by atoms with E-state index in [0.717, 1.165) is 6.42 Å². The van der Waals surface area contributed by atoms with Crippen LogP contribution in [0.1, 0.15) is 6.42 Å². The first-order chi connectivity index (χ1) is 5.40. The first kappa shape index (κ1) is 14.0. The summed E-state index contributed by atoms with van der Waals surface area (Å²) in [6.07, 6.45) is 1.09. The van der Waals surface area contributed by atoms with Crippen LogP contribution in [0.4, 0.5) is 0 Å². The average Bonchev–Trinajstić information content (AvgIpc) is 2.13. The van der Waals surface area contributed by atoms with Gasteiger partial charge in [0, 0.05) is 0 Å². The van der Waals surface area contributed by atoms with E-state index in [1.807, 2.05) is 0 Å². The normalized spacial score (nSPS) is 25.6. The fraction of sp³-hybridized carbons (Fsp3) is 0.889. The fourth-order valence-electron chi connectivity index (χ4n) is 2.46. The van der Waals surface area contributed by atoms with Crippen LogP contribution in [0.2, 0.25) is 38.3 Å². The number of nitrogens with zero attached hydrogens (tertiary/aromatic N) is 1. The Hall–Kier alpha value is 0.991. The summed E-state index contributed by atoms with van der Waals surface area (Å²) in [6.45, 7) is 15.3. The molecule has 0 aromatic carbocycles. The monoisotopic (exact) mass is 208 g/mol. The molecular formula is C9H23LiNSi2. The van der Waals surface area contributed by atoms with E-state index < -0.39 is 16.5 Å². The minimum atomic E-state index is -0.971. The molecule has 0 unspecified atom stereocenters. The van der Waals surface area contributed by atoms with E-state index in [9.17, 15) is 0 Å². The van der Waals surface area contributed by atoms with Crippen molar-refractivity contribution in [2.24, 2.45) is 0 Å². The molecule has 1 fully saturated rings. The Bertz CT molecular complexity index is 155. The van der Waals surface area contributed by atoms with Gasteiger partial charge in [0.25, 0.3) is 0 Å². The third-order valence-corrected chi connectivity index (χ3v) is 13.6. The summed E-state index contributed by atoms with van der Waals surface area (Å²) in [5.41, 5.74) is 0. The third kappa shape index (κ3) is 2.97. The van der Waals surface area contributed by atoms with Crippen LogP contribution in [0.15, 0.2) is 0 Å². The molecule has 1 aliphatic rings.